The third kappa shape index (κ3) is 8.81. The summed E-state index contributed by atoms with van der Waals surface area (Å²) >= 11 is 0. The van der Waals surface area contributed by atoms with Gasteiger partial charge in [0.2, 0.25) is 5.88 Å². The number of nitrogens with one attached hydrogen (secondary N) is 1. The highest BCUT2D eigenvalue weighted by Crippen LogP contribution is 2.31. The van der Waals surface area contributed by atoms with E-state index in [9.17, 15) is 22.8 Å². The smallest absolute Gasteiger partial charge is 0.416 e. The molecular weight excluding hydrogens is 683 g/mol. The number of benzene rings is 3. The Kier molecular flexibility index (Phi) is 11.3. The van der Waals surface area contributed by atoms with Crippen molar-refractivity contribution in [3.05, 3.63) is 113 Å². The van der Waals surface area contributed by atoms with Gasteiger partial charge in [0.05, 0.1) is 29.1 Å². The molecule has 0 saturated carbocycles. The van der Waals surface area contributed by atoms with Crippen molar-refractivity contribution in [2.24, 2.45) is 7.05 Å². The zero-order chi connectivity index (χ0) is 35.6. The summed E-state index contributed by atoms with van der Waals surface area (Å²) in [7, 11) is 1.86. The fourth-order valence-corrected chi connectivity index (χ4v) is 5.98. The zero-order valence-corrected chi connectivity index (χ0v) is 29.5. The number of amides is 2. The van der Waals surface area contributed by atoms with Gasteiger partial charge in [0.15, 0.2) is 0 Å². The number of pyridine rings is 1. The standard InChI is InChI=1S/C38H38F3N5O4.ClH/c1-24(2)49-30-10-5-26(6-11-30)23-45-15-17-46(18-16-45)37(48)34-20-27-7-12-31(21-33(27)44(34)4)50-35-14-9-29(22-42-35)43-36(47)32-13-8-28(19-25(32)3)38(39,40)41;/h5-14,19-22,24H,15-18,23H2,1-4H3,(H,43,47);1H. The van der Waals surface area contributed by atoms with Gasteiger partial charge < -0.3 is 24.3 Å². The van der Waals surface area contributed by atoms with Crippen LogP contribution in [0.2, 0.25) is 0 Å². The molecule has 3 heterocycles. The molecule has 1 aliphatic rings. The van der Waals surface area contributed by atoms with Crippen LogP contribution >= 0.6 is 12.4 Å². The molecule has 0 atom stereocenters. The molecule has 5 aromatic rings. The summed E-state index contributed by atoms with van der Waals surface area (Å²) in [6, 6.07) is 21.7. The molecule has 0 spiro atoms. The average molecular weight is 722 g/mol. The second-order valence-corrected chi connectivity index (χ2v) is 12.7. The lowest BCUT2D eigenvalue weighted by Crippen LogP contribution is -2.48. The second-order valence-electron chi connectivity index (χ2n) is 12.7. The number of rotatable bonds is 9. The lowest BCUT2D eigenvalue weighted by atomic mass is 10.0. The lowest BCUT2D eigenvalue weighted by Gasteiger charge is -2.34. The van der Waals surface area contributed by atoms with Crippen LogP contribution in [0.4, 0.5) is 18.9 Å². The Balaban J connectivity index is 0.00000504. The Bertz CT molecular complexity index is 2010. The number of aryl methyl sites for hydroxylation is 2. The Morgan fingerprint density at radius 1 is 0.902 bits per heavy atom. The van der Waals surface area contributed by atoms with Gasteiger partial charge in [0.25, 0.3) is 11.8 Å². The van der Waals surface area contributed by atoms with Crippen LogP contribution < -0.4 is 14.8 Å². The van der Waals surface area contributed by atoms with E-state index >= 15 is 0 Å². The number of carbonyl (C=O) groups excluding carboxylic acids is 2. The molecule has 0 aliphatic carbocycles. The molecule has 6 rings (SSSR count). The van der Waals surface area contributed by atoms with Gasteiger partial charge in [0.1, 0.15) is 17.2 Å². The highest BCUT2D eigenvalue weighted by Gasteiger charge is 2.31. The van der Waals surface area contributed by atoms with Crippen molar-refractivity contribution in [3.8, 4) is 17.4 Å². The van der Waals surface area contributed by atoms with Crippen LogP contribution in [0.25, 0.3) is 10.9 Å². The van der Waals surface area contributed by atoms with Crippen LogP contribution in [0.1, 0.15) is 51.4 Å². The van der Waals surface area contributed by atoms with E-state index in [2.05, 4.69) is 27.3 Å². The first kappa shape index (κ1) is 37.2. The van der Waals surface area contributed by atoms with Crippen molar-refractivity contribution < 1.29 is 32.2 Å². The highest BCUT2D eigenvalue weighted by molar-refractivity contribution is 6.05. The molecule has 0 radical (unpaired) electrons. The van der Waals surface area contributed by atoms with Crippen molar-refractivity contribution in [1.82, 2.24) is 19.4 Å². The van der Waals surface area contributed by atoms with Gasteiger partial charge in [-0.25, -0.2) is 4.98 Å². The Morgan fingerprint density at radius 2 is 1.61 bits per heavy atom. The van der Waals surface area contributed by atoms with Crippen molar-refractivity contribution >= 4 is 40.8 Å². The average Bonchev–Trinajstić information content (AvgIpc) is 3.41. The number of hydrogen-bond acceptors (Lipinski definition) is 6. The van der Waals surface area contributed by atoms with Crippen LogP contribution in [0, 0.1) is 6.92 Å². The summed E-state index contributed by atoms with van der Waals surface area (Å²) in [5, 5.41) is 3.56. The van der Waals surface area contributed by atoms with Gasteiger partial charge in [-0.15, -0.1) is 12.4 Å². The Hall–Kier alpha value is -5.07. The number of ether oxygens (including phenoxy) is 2. The molecule has 13 heteroatoms. The summed E-state index contributed by atoms with van der Waals surface area (Å²) in [6.07, 6.45) is -2.95. The quantitative estimate of drug-likeness (QED) is 0.166. The van der Waals surface area contributed by atoms with E-state index in [0.717, 1.165) is 54.5 Å². The molecule has 1 aliphatic heterocycles. The summed E-state index contributed by atoms with van der Waals surface area (Å²) in [6.45, 7) is 9.11. The van der Waals surface area contributed by atoms with Gasteiger partial charge in [0, 0.05) is 62.9 Å². The van der Waals surface area contributed by atoms with Crippen LogP contribution in [-0.4, -0.2) is 63.4 Å². The number of fused-ring (bicyclic) bond motifs is 1. The summed E-state index contributed by atoms with van der Waals surface area (Å²) in [4.78, 5) is 34.8. The molecule has 51 heavy (non-hydrogen) atoms. The van der Waals surface area contributed by atoms with Crippen LogP contribution in [0.15, 0.2) is 85.1 Å². The van der Waals surface area contributed by atoms with Gasteiger partial charge in [-0.2, -0.15) is 13.2 Å². The zero-order valence-electron chi connectivity index (χ0n) is 28.7. The highest BCUT2D eigenvalue weighted by atomic mass is 35.5. The molecule has 268 valence electrons. The van der Waals surface area contributed by atoms with E-state index in [1.165, 1.54) is 18.7 Å². The Morgan fingerprint density at radius 3 is 2.24 bits per heavy atom. The largest absolute Gasteiger partial charge is 0.491 e. The number of halogens is 4. The second kappa shape index (κ2) is 15.4. The molecule has 9 nitrogen and oxygen atoms in total. The van der Waals surface area contributed by atoms with Crippen molar-refractivity contribution in [1.29, 1.82) is 0 Å². The van der Waals surface area contributed by atoms with Gasteiger partial charge in [-0.05, 0) is 86.5 Å². The Labute approximate surface area is 300 Å². The normalized spacial score (nSPS) is 13.6. The van der Waals surface area contributed by atoms with Gasteiger partial charge in [-0.1, -0.05) is 12.1 Å². The minimum absolute atomic E-state index is 0. The van der Waals surface area contributed by atoms with E-state index in [4.69, 9.17) is 9.47 Å². The minimum Gasteiger partial charge on any atom is -0.491 e. The first-order valence-corrected chi connectivity index (χ1v) is 16.3. The predicted molar refractivity (Wildman–Crippen MR) is 192 cm³/mol. The number of anilines is 1. The van der Waals surface area contributed by atoms with E-state index in [-0.39, 0.29) is 41.4 Å². The molecule has 2 amide bonds. The monoisotopic (exact) mass is 721 g/mol. The summed E-state index contributed by atoms with van der Waals surface area (Å²) in [5.74, 6) is 1.08. The fourth-order valence-electron chi connectivity index (χ4n) is 5.98. The van der Waals surface area contributed by atoms with Crippen LogP contribution in [-0.2, 0) is 19.8 Å². The number of aromatic nitrogens is 2. The molecule has 0 bridgehead atoms. The van der Waals surface area contributed by atoms with Crippen molar-refractivity contribution in [2.75, 3.05) is 31.5 Å². The topological polar surface area (TPSA) is 88.9 Å². The third-order valence-electron chi connectivity index (χ3n) is 8.61. The van der Waals surface area contributed by atoms with Crippen molar-refractivity contribution in [2.45, 2.75) is 39.6 Å². The maximum absolute atomic E-state index is 13.6. The van der Waals surface area contributed by atoms with E-state index in [1.54, 1.807) is 18.2 Å². The molecule has 1 saturated heterocycles. The number of nitrogens with zero attached hydrogens (tertiary/aromatic N) is 4. The minimum atomic E-state index is -4.49. The maximum atomic E-state index is 13.6. The predicted octanol–water partition coefficient (Wildman–Crippen LogP) is 8.11. The first-order chi connectivity index (χ1) is 23.8. The fraction of sp³-hybridized carbons (Fsp3) is 0.289. The first-order valence-electron chi connectivity index (χ1n) is 16.3. The van der Waals surface area contributed by atoms with Gasteiger partial charge >= 0.3 is 6.18 Å². The summed E-state index contributed by atoms with van der Waals surface area (Å²) in [5.41, 5.74) is 2.50. The molecule has 1 N–H and O–H groups in total. The molecular formula is C38H39ClF3N5O4. The lowest BCUT2D eigenvalue weighted by molar-refractivity contribution is -0.137. The van der Waals surface area contributed by atoms with E-state index in [0.29, 0.717) is 30.2 Å². The van der Waals surface area contributed by atoms with E-state index < -0.39 is 17.6 Å². The van der Waals surface area contributed by atoms with Crippen molar-refractivity contribution in [3.63, 3.8) is 0 Å². The number of hydrogen-bond donors (Lipinski definition) is 1. The third-order valence-corrected chi connectivity index (χ3v) is 8.61. The van der Waals surface area contributed by atoms with Crippen LogP contribution in [0.5, 0.6) is 17.4 Å². The number of piperazine rings is 1. The van der Waals surface area contributed by atoms with E-state index in [1.807, 2.05) is 60.7 Å². The maximum Gasteiger partial charge on any atom is 0.416 e. The number of alkyl halides is 3. The summed E-state index contributed by atoms with van der Waals surface area (Å²) < 4.78 is 52.6. The molecule has 2 aromatic heterocycles. The van der Waals surface area contributed by atoms with Gasteiger partial charge in [-0.3, -0.25) is 14.5 Å². The number of carbonyl (C=O) groups is 2. The SMILES string of the molecule is Cc1cc(C(F)(F)F)ccc1C(=O)Nc1ccc(Oc2ccc3cc(C(=O)N4CCN(Cc5ccc(OC(C)C)cc5)CC4)n(C)c3c2)nc1.Cl. The molecule has 3 aromatic carbocycles. The molecule has 1 fully saturated rings. The molecule has 0 unspecified atom stereocenters. The van der Waals surface area contributed by atoms with Crippen LogP contribution in [0.3, 0.4) is 0 Å².